The Kier molecular flexibility index (Phi) is 6.28. The molecule has 1 amide bonds. The van der Waals surface area contributed by atoms with Crippen LogP contribution in [0, 0.1) is 5.82 Å². The highest BCUT2D eigenvalue weighted by Gasteiger charge is 2.19. The second kappa shape index (κ2) is 8.63. The monoisotopic (exact) mass is 343 g/mol. The Morgan fingerprint density at radius 3 is 2.48 bits per heavy atom. The van der Waals surface area contributed by atoms with Crippen molar-refractivity contribution in [2.24, 2.45) is 0 Å². The van der Waals surface area contributed by atoms with Crippen LogP contribution in [-0.2, 0) is 16.0 Å². The van der Waals surface area contributed by atoms with E-state index in [4.69, 9.17) is 4.74 Å². The molecule has 130 valence electrons. The van der Waals surface area contributed by atoms with Crippen LogP contribution in [-0.4, -0.2) is 30.1 Å². The summed E-state index contributed by atoms with van der Waals surface area (Å²) in [5, 5.41) is 11.7. The smallest absolute Gasteiger partial charge is 0.326 e. The standard InChI is InChI=1S/C19H18FNO4/c1-25-15-9-6-13(7-10-15)12-17(19(23)24)21-18(22)11-8-14-4-2-3-5-16(14)20/h2-11,17H,12H2,1H3,(H,21,22)(H,23,24)/b11-8+/t17-/m1/s1. The van der Waals surface area contributed by atoms with E-state index in [1.54, 1.807) is 36.4 Å². The highest BCUT2D eigenvalue weighted by Crippen LogP contribution is 2.13. The van der Waals surface area contributed by atoms with Crippen LogP contribution in [0.3, 0.4) is 0 Å². The molecule has 2 aromatic rings. The van der Waals surface area contributed by atoms with Gasteiger partial charge in [0.25, 0.3) is 0 Å². The Balaban J connectivity index is 2.01. The summed E-state index contributed by atoms with van der Waals surface area (Å²) >= 11 is 0. The minimum absolute atomic E-state index is 0.124. The predicted molar refractivity (Wildman–Crippen MR) is 91.7 cm³/mol. The fourth-order valence-corrected chi connectivity index (χ4v) is 2.19. The topological polar surface area (TPSA) is 75.6 Å². The Morgan fingerprint density at radius 2 is 1.88 bits per heavy atom. The van der Waals surface area contributed by atoms with Gasteiger partial charge in [0.2, 0.25) is 5.91 Å². The first-order valence-corrected chi connectivity index (χ1v) is 7.58. The van der Waals surface area contributed by atoms with Crippen LogP contribution in [0.4, 0.5) is 4.39 Å². The summed E-state index contributed by atoms with van der Waals surface area (Å²) in [6.07, 6.45) is 2.54. The predicted octanol–water partition coefficient (Wildman–Crippen LogP) is 2.66. The van der Waals surface area contributed by atoms with Crippen LogP contribution in [0.5, 0.6) is 5.75 Å². The van der Waals surface area contributed by atoms with Crippen molar-refractivity contribution >= 4 is 18.0 Å². The second-order valence-electron chi connectivity index (χ2n) is 5.31. The summed E-state index contributed by atoms with van der Waals surface area (Å²) in [5.74, 6) is -1.56. The van der Waals surface area contributed by atoms with Crippen LogP contribution in [0.1, 0.15) is 11.1 Å². The molecule has 0 spiro atoms. The van der Waals surface area contributed by atoms with Gasteiger partial charge < -0.3 is 15.2 Å². The lowest BCUT2D eigenvalue weighted by Gasteiger charge is -2.13. The maximum atomic E-state index is 13.5. The molecular weight excluding hydrogens is 325 g/mol. The van der Waals surface area contributed by atoms with Crippen molar-refractivity contribution in [3.63, 3.8) is 0 Å². The number of ether oxygens (including phenoxy) is 1. The Hall–Kier alpha value is -3.15. The summed E-state index contributed by atoms with van der Waals surface area (Å²) in [5.41, 5.74) is 0.992. The van der Waals surface area contributed by atoms with Gasteiger partial charge >= 0.3 is 5.97 Å². The molecule has 25 heavy (non-hydrogen) atoms. The van der Waals surface area contributed by atoms with Crippen LogP contribution in [0.15, 0.2) is 54.6 Å². The maximum Gasteiger partial charge on any atom is 0.326 e. The average molecular weight is 343 g/mol. The van der Waals surface area contributed by atoms with E-state index >= 15 is 0 Å². The van der Waals surface area contributed by atoms with E-state index in [9.17, 15) is 19.1 Å². The molecule has 0 saturated carbocycles. The van der Waals surface area contributed by atoms with Crippen LogP contribution < -0.4 is 10.1 Å². The average Bonchev–Trinajstić information content (AvgIpc) is 2.61. The third-order valence-electron chi connectivity index (χ3n) is 3.53. The number of nitrogens with one attached hydrogen (secondary N) is 1. The van der Waals surface area contributed by atoms with Crippen LogP contribution >= 0.6 is 0 Å². The van der Waals surface area contributed by atoms with E-state index in [2.05, 4.69) is 5.32 Å². The number of amides is 1. The normalized spacial score (nSPS) is 11.9. The summed E-state index contributed by atoms with van der Waals surface area (Å²) < 4.78 is 18.5. The summed E-state index contributed by atoms with van der Waals surface area (Å²) in [7, 11) is 1.54. The lowest BCUT2D eigenvalue weighted by Crippen LogP contribution is -2.41. The van der Waals surface area contributed by atoms with Crippen LogP contribution in [0.2, 0.25) is 0 Å². The van der Waals surface area contributed by atoms with Gasteiger partial charge in [-0.3, -0.25) is 4.79 Å². The van der Waals surface area contributed by atoms with Gasteiger partial charge in [0.15, 0.2) is 0 Å². The highest BCUT2D eigenvalue weighted by atomic mass is 19.1. The zero-order chi connectivity index (χ0) is 18.2. The van der Waals surface area contributed by atoms with Gasteiger partial charge in [0.05, 0.1) is 7.11 Å². The summed E-state index contributed by atoms with van der Waals surface area (Å²) in [4.78, 5) is 23.3. The van der Waals surface area contributed by atoms with E-state index in [-0.39, 0.29) is 12.0 Å². The largest absolute Gasteiger partial charge is 0.497 e. The first-order valence-electron chi connectivity index (χ1n) is 7.58. The SMILES string of the molecule is COc1ccc(C[C@@H](NC(=O)/C=C/c2ccccc2F)C(=O)O)cc1. The third-order valence-corrected chi connectivity index (χ3v) is 3.53. The molecule has 0 fully saturated rings. The fourth-order valence-electron chi connectivity index (χ4n) is 2.19. The molecule has 0 aliphatic rings. The van der Waals surface area contributed by atoms with Gasteiger partial charge in [-0.2, -0.15) is 0 Å². The van der Waals surface area contributed by atoms with Crippen molar-refractivity contribution in [3.05, 3.63) is 71.6 Å². The molecule has 0 aromatic heterocycles. The third kappa shape index (κ3) is 5.46. The Labute approximate surface area is 144 Å². The van der Waals surface area contributed by atoms with Gasteiger partial charge in [0.1, 0.15) is 17.6 Å². The summed E-state index contributed by atoms with van der Waals surface area (Å²) in [6, 6.07) is 11.8. The Bertz CT molecular complexity index is 771. The number of hydrogen-bond acceptors (Lipinski definition) is 3. The van der Waals surface area contributed by atoms with Crippen molar-refractivity contribution in [2.75, 3.05) is 7.11 Å². The molecule has 0 radical (unpaired) electrons. The minimum Gasteiger partial charge on any atom is -0.497 e. The lowest BCUT2D eigenvalue weighted by molar-refractivity contribution is -0.141. The number of methoxy groups -OCH3 is 1. The molecule has 0 aliphatic heterocycles. The van der Waals surface area contributed by atoms with Gasteiger partial charge in [-0.15, -0.1) is 0 Å². The number of hydrogen-bond donors (Lipinski definition) is 2. The number of carbonyl (C=O) groups excluding carboxylic acids is 1. The molecule has 0 saturated heterocycles. The van der Waals surface area contributed by atoms with Crippen molar-refractivity contribution in [3.8, 4) is 5.75 Å². The second-order valence-corrected chi connectivity index (χ2v) is 5.31. The first-order chi connectivity index (χ1) is 12.0. The van der Waals surface area contributed by atoms with E-state index in [0.29, 0.717) is 5.75 Å². The number of aliphatic carboxylic acids is 1. The fraction of sp³-hybridized carbons (Fsp3) is 0.158. The van der Waals surface area contributed by atoms with Crippen molar-refractivity contribution in [1.29, 1.82) is 0 Å². The zero-order valence-electron chi connectivity index (χ0n) is 13.6. The number of halogens is 1. The number of carbonyl (C=O) groups is 2. The van der Waals surface area contributed by atoms with Crippen molar-refractivity contribution in [2.45, 2.75) is 12.5 Å². The molecule has 5 nitrogen and oxygen atoms in total. The van der Waals surface area contributed by atoms with E-state index in [1.807, 2.05) is 0 Å². The zero-order valence-corrected chi connectivity index (χ0v) is 13.6. The molecule has 0 heterocycles. The van der Waals surface area contributed by atoms with E-state index < -0.39 is 23.7 Å². The molecular formula is C19H18FNO4. The molecule has 2 rings (SSSR count). The lowest BCUT2D eigenvalue weighted by atomic mass is 10.1. The molecule has 2 aromatic carbocycles. The van der Waals surface area contributed by atoms with Gasteiger partial charge in [-0.1, -0.05) is 30.3 Å². The Morgan fingerprint density at radius 1 is 1.20 bits per heavy atom. The molecule has 0 unspecified atom stereocenters. The van der Waals surface area contributed by atoms with Crippen molar-refractivity contribution in [1.82, 2.24) is 5.32 Å². The van der Waals surface area contributed by atoms with Crippen LogP contribution in [0.25, 0.3) is 6.08 Å². The first kappa shape index (κ1) is 18.2. The molecule has 0 bridgehead atoms. The number of carboxylic acid groups (broad SMARTS) is 1. The van der Waals surface area contributed by atoms with Gasteiger partial charge in [-0.25, -0.2) is 9.18 Å². The quantitative estimate of drug-likeness (QED) is 0.758. The van der Waals surface area contributed by atoms with E-state index in [1.165, 1.54) is 25.3 Å². The number of benzene rings is 2. The van der Waals surface area contributed by atoms with E-state index in [0.717, 1.165) is 11.6 Å². The molecule has 2 N–H and O–H groups in total. The molecule has 6 heteroatoms. The highest BCUT2D eigenvalue weighted by molar-refractivity contribution is 5.94. The maximum absolute atomic E-state index is 13.5. The summed E-state index contributed by atoms with van der Waals surface area (Å²) in [6.45, 7) is 0. The minimum atomic E-state index is -1.15. The van der Waals surface area contributed by atoms with Gasteiger partial charge in [0, 0.05) is 18.1 Å². The number of rotatable bonds is 7. The number of carboxylic acids is 1. The molecule has 1 atom stereocenters. The van der Waals surface area contributed by atoms with Gasteiger partial charge in [-0.05, 0) is 29.8 Å². The van der Waals surface area contributed by atoms with Crippen molar-refractivity contribution < 1.29 is 23.8 Å². The molecule has 0 aliphatic carbocycles.